The van der Waals surface area contributed by atoms with Gasteiger partial charge in [0.05, 0.1) is 16.1 Å². The number of nitrogens with one attached hydrogen (secondary N) is 1. The number of hydrogen-bond donors (Lipinski definition) is 1. The fourth-order valence-electron chi connectivity index (χ4n) is 4.00. The van der Waals surface area contributed by atoms with Gasteiger partial charge in [-0.15, -0.1) is 0 Å². The van der Waals surface area contributed by atoms with Gasteiger partial charge in [-0.2, -0.15) is 0 Å². The maximum Gasteiger partial charge on any atom is 0.142 e. The summed E-state index contributed by atoms with van der Waals surface area (Å²) >= 11 is 5.82. The first-order valence-electron chi connectivity index (χ1n) is 9.62. The van der Waals surface area contributed by atoms with E-state index in [1.807, 2.05) is 54.0 Å². The van der Waals surface area contributed by atoms with E-state index in [2.05, 4.69) is 27.7 Å². The van der Waals surface area contributed by atoms with Crippen LogP contribution >= 0.6 is 12.2 Å². The molecule has 1 atom stereocenters. The molecule has 6 heteroatoms. The lowest BCUT2D eigenvalue weighted by atomic mass is 9.68. The molecule has 0 saturated heterocycles. The van der Waals surface area contributed by atoms with E-state index in [9.17, 15) is 0 Å². The topological polar surface area (TPSA) is 50.9 Å². The molecule has 5 nitrogen and oxygen atoms in total. The van der Waals surface area contributed by atoms with Crippen molar-refractivity contribution in [3.05, 3.63) is 72.2 Å². The lowest BCUT2D eigenvalue weighted by Crippen LogP contribution is -2.50. The number of aromatic nitrogens is 2. The highest BCUT2D eigenvalue weighted by Gasteiger charge is 2.44. The lowest BCUT2D eigenvalue weighted by molar-refractivity contribution is 0.127. The van der Waals surface area contributed by atoms with Crippen molar-refractivity contribution >= 4 is 28.6 Å². The number of likely N-dealkylation sites (N-methyl/N-ethyl adjacent to an activating group) is 1. The van der Waals surface area contributed by atoms with Gasteiger partial charge in [0.1, 0.15) is 12.3 Å². The maximum absolute atomic E-state index is 5.82. The Balaban J connectivity index is 1.71. The fraction of sp³-hybridized carbons (Fsp3) is 0.318. The molecular formula is C22H24N4OS. The van der Waals surface area contributed by atoms with E-state index in [0.717, 1.165) is 53.2 Å². The summed E-state index contributed by atoms with van der Waals surface area (Å²) in [5.41, 5.74) is 3.69. The minimum Gasteiger partial charge on any atom is -0.391 e. The van der Waals surface area contributed by atoms with Crippen molar-refractivity contribution in [3.8, 4) is 0 Å². The largest absolute Gasteiger partial charge is 0.391 e. The average molecular weight is 393 g/mol. The van der Waals surface area contributed by atoms with Crippen molar-refractivity contribution in [1.29, 1.82) is 0 Å². The first kappa shape index (κ1) is 18.6. The predicted molar refractivity (Wildman–Crippen MR) is 116 cm³/mol. The zero-order valence-corrected chi connectivity index (χ0v) is 16.8. The van der Waals surface area contributed by atoms with Gasteiger partial charge in [-0.25, -0.2) is 4.98 Å². The molecule has 0 radical (unpaired) electrons. The van der Waals surface area contributed by atoms with Crippen molar-refractivity contribution in [3.63, 3.8) is 0 Å². The molecule has 1 N–H and O–H groups in total. The third-order valence-electron chi connectivity index (χ3n) is 5.45. The van der Waals surface area contributed by atoms with Crippen LogP contribution in [-0.2, 0) is 16.9 Å². The van der Waals surface area contributed by atoms with Gasteiger partial charge < -0.3 is 14.6 Å². The normalized spacial score (nSPS) is 21.0. The summed E-state index contributed by atoms with van der Waals surface area (Å²) in [6, 6.07) is 14.2. The van der Waals surface area contributed by atoms with Crippen LogP contribution in [0, 0.1) is 0 Å². The smallest absolute Gasteiger partial charge is 0.142 e. The Morgan fingerprint density at radius 3 is 2.93 bits per heavy atom. The van der Waals surface area contributed by atoms with E-state index in [1.165, 1.54) is 0 Å². The second-order valence-electron chi connectivity index (χ2n) is 7.10. The zero-order valence-electron chi connectivity index (χ0n) is 16.0. The van der Waals surface area contributed by atoms with Gasteiger partial charge in [0.25, 0.3) is 0 Å². The van der Waals surface area contributed by atoms with Crippen molar-refractivity contribution < 1.29 is 4.84 Å². The van der Waals surface area contributed by atoms with E-state index < -0.39 is 5.41 Å². The molecule has 0 spiro atoms. The van der Waals surface area contributed by atoms with Gasteiger partial charge in [0.2, 0.25) is 0 Å². The fourth-order valence-corrected chi connectivity index (χ4v) is 4.33. The van der Waals surface area contributed by atoms with Crippen LogP contribution < -0.4 is 5.32 Å². The molecule has 0 amide bonds. The molecule has 2 aromatic heterocycles. The summed E-state index contributed by atoms with van der Waals surface area (Å²) in [5.74, 6) is 0. The van der Waals surface area contributed by atoms with Gasteiger partial charge in [-0.3, -0.25) is 0 Å². The van der Waals surface area contributed by atoms with Crippen LogP contribution in [0.5, 0.6) is 0 Å². The van der Waals surface area contributed by atoms with E-state index >= 15 is 0 Å². The molecule has 1 unspecified atom stereocenters. The van der Waals surface area contributed by atoms with E-state index in [1.54, 1.807) is 6.20 Å². The van der Waals surface area contributed by atoms with Crippen LogP contribution in [0.2, 0.25) is 0 Å². The summed E-state index contributed by atoms with van der Waals surface area (Å²) < 4.78 is 2.03. The van der Waals surface area contributed by atoms with Gasteiger partial charge in [0, 0.05) is 25.6 Å². The Bertz CT molecular complexity index is 998. The first-order chi connectivity index (χ1) is 13.7. The van der Waals surface area contributed by atoms with Crippen LogP contribution in [0.25, 0.3) is 5.65 Å². The molecule has 0 bridgehead atoms. The van der Waals surface area contributed by atoms with Crippen molar-refractivity contribution in [2.75, 3.05) is 7.05 Å². The molecule has 28 heavy (non-hydrogen) atoms. The van der Waals surface area contributed by atoms with Crippen LogP contribution in [0.1, 0.15) is 36.8 Å². The summed E-state index contributed by atoms with van der Waals surface area (Å²) in [7, 11) is 1.89. The molecule has 144 valence electrons. The van der Waals surface area contributed by atoms with Gasteiger partial charge in [-0.1, -0.05) is 60.2 Å². The Hall–Kier alpha value is -2.73. The maximum atomic E-state index is 5.82. The van der Waals surface area contributed by atoms with Crippen molar-refractivity contribution in [2.45, 2.75) is 37.7 Å². The second-order valence-corrected chi connectivity index (χ2v) is 7.51. The number of imidazole rings is 1. The average Bonchev–Trinajstić information content (AvgIpc) is 3.22. The van der Waals surface area contributed by atoms with E-state index in [-0.39, 0.29) is 0 Å². The molecule has 4 rings (SSSR count). The van der Waals surface area contributed by atoms with Crippen LogP contribution in [-0.4, -0.2) is 27.1 Å². The van der Waals surface area contributed by atoms with Gasteiger partial charge in [0.15, 0.2) is 0 Å². The zero-order chi connectivity index (χ0) is 19.4. The van der Waals surface area contributed by atoms with Crippen LogP contribution in [0.15, 0.2) is 66.2 Å². The van der Waals surface area contributed by atoms with Crippen molar-refractivity contribution in [1.82, 2.24) is 14.7 Å². The van der Waals surface area contributed by atoms with E-state index in [0.29, 0.717) is 6.61 Å². The van der Waals surface area contributed by atoms with Crippen LogP contribution in [0.4, 0.5) is 0 Å². The first-order valence-corrected chi connectivity index (χ1v) is 10.0. The number of thiocarbonyl (C=S) groups is 1. The minimum atomic E-state index is -0.447. The monoisotopic (exact) mass is 392 g/mol. The Morgan fingerprint density at radius 1 is 1.25 bits per heavy atom. The van der Waals surface area contributed by atoms with Gasteiger partial charge >= 0.3 is 0 Å². The number of benzene rings is 1. The molecule has 1 saturated carbocycles. The molecule has 1 aromatic carbocycles. The van der Waals surface area contributed by atoms with E-state index in [4.69, 9.17) is 17.1 Å². The number of hydrogen-bond acceptors (Lipinski definition) is 4. The van der Waals surface area contributed by atoms with Gasteiger partial charge in [-0.05, 0) is 36.5 Å². The predicted octanol–water partition coefficient (Wildman–Crippen LogP) is 4.27. The highest BCUT2D eigenvalue weighted by atomic mass is 32.1. The summed E-state index contributed by atoms with van der Waals surface area (Å²) in [6.45, 7) is 0.452. The number of nitrogens with zero attached hydrogens (tertiary/aromatic N) is 3. The number of oxime groups is 1. The number of rotatable bonds is 5. The summed E-state index contributed by atoms with van der Waals surface area (Å²) in [5, 5.41) is 7.83. The molecule has 1 aliphatic carbocycles. The van der Waals surface area contributed by atoms with Crippen LogP contribution in [0.3, 0.4) is 0 Å². The molecular weight excluding hydrogens is 368 g/mol. The highest BCUT2D eigenvalue weighted by Crippen LogP contribution is 2.39. The minimum absolute atomic E-state index is 0.447. The number of fused-ring (bicyclic) bond motifs is 1. The standard InChI is InChI=1S/C22H24N4OS/c1-23-21(28)22(18-10-11-20-24-13-14-26(20)15-18)12-6-5-9-19(22)25-27-16-17-7-3-2-4-8-17/h2-4,7-8,10-11,13-15H,5-6,9,12,16H2,1H3,(H,23,28)/b25-19-. The second kappa shape index (κ2) is 8.10. The van der Waals surface area contributed by atoms with Crippen molar-refractivity contribution in [2.24, 2.45) is 5.16 Å². The molecule has 3 aromatic rings. The Morgan fingerprint density at radius 2 is 2.11 bits per heavy atom. The quantitative estimate of drug-likeness (QED) is 0.521. The molecule has 1 fully saturated rings. The summed E-state index contributed by atoms with van der Waals surface area (Å²) in [6.07, 6.45) is 9.86. The lowest BCUT2D eigenvalue weighted by Gasteiger charge is -2.38. The third-order valence-corrected chi connectivity index (χ3v) is 6.01. The Labute approximate surface area is 170 Å². The molecule has 1 aliphatic rings. The molecule has 2 heterocycles. The highest BCUT2D eigenvalue weighted by molar-refractivity contribution is 7.80. The number of pyridine rings is 1. The SMILES string of the molecule is CNC(=S)C1(c2ccc3nccn3c2)CCCC/C1=N/OCc1ccccc1. The molecule has 0 aliphatic heterocycles. The Kier molecular flexibility index (Phi) is 5.39. The third kappa shape index (κ3) is 3.40. The summed E-state index contributed by atoms with van der Waals surface area (Å²) in [4.78, 5) is 10.9.